The molecule has 3 nitrogen and oxygen atoms in total. The van der Waals surface area contributed by atoms with Crippen LogP contribution in [-0.4, -0.2) is 18.9 Å². The third-order valence-electron chi connectivity index (χ3n) is 1.57. The van der Waals surface area contributed by atoms with Crippen molar-refractivity contribution in [2.45, 2.75) is 13.3 Å². The van der Waals surface area contributed by atoms with Gasteiger partial charge in [0.05, 0.1) is 6.26 Å². The number of nitrogens with one attached hydrogen (secondary N) is 1. The number of hydrogen-bond donors (Lipinski definition) is 1. The molecule has 0 atom stereocenters. The van der Waals surface area contributed by atoms with Crippen molar-refractivity contribution < 1.29 is 9.21 Å². The van der Waals surface area contributed by atoms with Crippen LogP contribution in [-0.2, 0) is 0 Å². The third-order valence-corrected chi connectivity index (χ3v) is 1.57. The molecule has 0 aliphatic rings. The fraction of sp³-hybridized carbons (Fsp3) is 0.444. The summed E-state index contributed by atoms with van der Waals surface area (Å²) in [5.74, 6) is 0.508. The van der Waals surface area contributed by atoms with Crippen molar-refractivity contribution in [2.24, 2.45) is 0 Å². The Balaban J connectivity index is 2.30. The normalized spacial score (nSPS) is 10.1. The Morgan fingerprint density at radius 1 is 1.67 bits per heavy atom. The fourth-order valence-corrected chi connectivity index (χ4v) is 0.939. The highest BCUT2D eigenvalue weighted by atomic mass is 16.3. The van der Waals surface area contributed by atoms with Crippen LogP contribution in [0.5, 0.6) is 0 Å². The Hall–Kier alpha value is -1.09. The molecule has 0 bridgehead atoms. The predicted molar refractivity (Wildman–Crippen MR) is 46.2 cm³/mol. The summed E-state index contributed by atoms with van der Waals surface area (Å²) in [5.41, 5.74) is 0. The van der Waals surface area contributed by atoms with Crippen molar-refractivity contribution in [1.82, 2.24) is 5.32 Å². The number of furan rings is 1. The first-order valence-electron chi connectivity index (χ1n) is 4.12. The van der Waals surface area contributed by atoms with Crippen molar-refractivity contribution in [3.63, 3.8) is 0 Å². The van der Waals surface area contributed by atoms with Crippen molar-refractivity contribution in [2.75, 3.05) is 13.1 Å². The number of hydrogen-bond acceptors (Lipinski definition) is 3. The van der Waals surface area contributed by atoms with Gasteiger partial charge in [-0.2, -0.15) is 0 Å². The molecule has 66 valence electrons. The average Bonchev–Trinajstić information content (AvgIpc) is 2.56. The van der Waals surface area contributed by atoms with Crippen LogP contribution in [0.25, 0.3) is 0 Å². The highest BCUT2D eigenvalue weighted by molar-refractivity contribution is 5.93. The Morgan fingerprint density at radius 2 is 2.50 bits per heavy atom. The number of ketones is 1. The number of carbonyl (C=O) groups is 1. The van der Waals surface area contributed by atoms with Gasteiger partial charge in [-0.15, -0.1) is 0 Å². The van der Waals surface area contributed by atoms with E-state index in [1.54, 1.807) is 12.1 Å². The second-order valence-electron chi connectivity index (χ2n) is 2.50. The van der Waals surface area contributed by atoms with Crippen LogP contribution >= 0.6 is 0 Å². The molecule has 1 aromatic rings. The van der Waals surface area contributed by atoms with Crippen LogP contribution in [0, 0.1) is 0 Å². The van der Waals surface area contributed by atoms with E-state index in [-0.39, 0.29) is 5.78 Å². The minimum atomic E-state index is 0.0564. The Kier molecular flexibility index (Phi) is 3.54. The topological polar surface area (TPSA) is 42.2 Å². The molecule has 0 aliphatic carbocycles. The van der Waals surface area contributed by atoms with Gasteiger partial charge in [0.1, 0.15) is 0 Å². The Labute approximate surface area is 71.8 Å². The molecule has 0 fully saturated rings. The van der Waals surface area contributed by atoms with Crippen LogP contribution in [0.15, 0.2) is 22.8 Å². The molecule has 0 spiro atoms. The van der Waals surface area contributed by atoms with Crippen LogP contribution in [0.1, 0.15) is 23.9 Å². The first-order chi connectivity index (χ1) is 5.84. The fourth-order valence-electron chi connectivity index (χ4n) is 0.939. The van der Waals surface area contributed by atoms with E-state index < -0.39 is 0 Å². The van der Waals surface area contributed by atoms with E-state index in [4.69, 9.17) is 4.42 Å². The largest absolute Gasteiger partial charge is 0.461 e. The highest BCUT2D eigenvalue weighted by Crippen LogP contribution is 2.02. The van der Waals surface area contributed by atoms with E-state index in [1.807, 2.05) is 6.92 Å². The van der Waals surface area contributed by atoms with Gasteiger partial charge in [0.25, 0.3) is 0 Å². The maximum atomic E-state index is 11.2. The summed E-state index contributed by atoms with van der Waals surface area (Å²) in [6, 6.07) is 3.41. The maximum Gasteiger partial charge on any atom is 0.199 e. The summed E-state index contributed by atoms with van der Waals surface area (Å²) in [4.78, 5) is 11.2. The number of Topliss-reactive ketones (excluding diaryl/α,β-unsaturated/α-hetero) is 1. The molecule has 0 saturated carbocycles. The maximum absolute atomic E-state index is 11.2. The van der Waals surface area contributed by atoms with Crippen molar-refractivity contribution in [3.05, 3.63) is 24.2 Å². The zero-order valence-electron chi connectivity index (χ0n) is 7.17. The van der Waals surface area contributed by atoms with Crippen molar-refractivity contribution in [1.29, 1.82) is 0 Å². The van der Waals surface area contributed by atoms with E-state index >= 15 is 0 Å². The quantitative estimate of drug-likeness (QED) is 0.533. The lowest BCUT2D eigenvalue weighted by Gasteiger charge is -1.97. The molecule has 1 aromatic heterocycles. The minimum absolute atomic E-state index is 0.0564. The average molecular weight is 167 g/mol. The van der Waals surface area contributed by atoms with Crippen LogP contribution in [0.2, 0.25) is 0 Å². The standard InChI is InChI=1S/C9H13NO2/c1-2-10-6-5-8(11)9-4-3-7-12-9/h3-4,7,10H,2,5-6H2,1H3. The minimum Gasteiger partial charge on any atom is -0.461 e. The molecule has 0 aromatic carbocycles. The van der Waals surface area contributed by atoms with Crippen LogP contribution in [0.3, 0.4) is 0 Å². The van der Waals surface area contributed by atoms with Crippen LogP contribution < -0.4 is 5.32 Å². The molecular weight excluding hydrogens is 154 g/mol. The summed E-state index contributed by atoms with van der Waals surface area (Å²) < 4.78 is 4.95. The molecule has 0 saturated heterocycles. The molecule has 0 unspecified atom stereocenters. The Morgan fingerprint density at radius 3 is 3.08 bits per heavy atom. The molecule has 12 heavy (non-hydrogen) atoms. The summed E-state index contributed by atoms with van der Waals surface area (Å²) >= 11 is 0. The molecule has 0 radical (unpaired) electrons. The van der Waals surface area contributed by atoms with E-state index in [9.17, 15) is 4.79 Å². The number of carbonyl (C=O) groups excluding carboxylic acids is 1. The van der Waals surface area contributed by atoms with Gasteiger partial charge in [-0.05, 0) is 18.7 Å². The van der Waals surface area contributed by atoms with Gasteiger partial charge >= 0.3 is 0 Å². The molecule has 0 amide bonds. The van der Waals surface area contributed by atoms with Gasteiger partial charge in [0.15, 0.2) is 11.5 Å². The van der Waals surface area contributed by atoms with Crippen molar-refractivity contribution in [3.8, 4) is 0 Å². The smallest absolute Gasteiger partial charge is 0.199 e. The van der Waals surface area contributed by atoms with E-state index in [1.165, 1.54) is 6.26 Å². The Bertz CT molecular complexity index is 229. The van der Waals surface area contributed by atoms with Gasteiger partial charge in [0, 0.05) is 13.0 Å². The molecule has 1 rings (SSSR count). The first-order valence-corrected chi connectivity index (χ1v) is 4.12. The summed E-state index contributed by atoms with van der Waals surface area (Å²) in [6.07, 6.45) is 2.02. The van der Waals surface area contributed by atoms with Gasteiger partial charge < -0.3 is 9.73 Å². The molecule has 1 heterocycles. The summed E-state index contributed by atoms with van der Waals surface area (Å²) in [6.45, 7) is 3.62. The molecule has 3 heteroatoms. The lowest BCUT2D eigenvalue weighted by Crippen LogP contribution is -2.17. The highest BCUT2D eigenvalue weighted by Gasteiger charge is 2.06. The number of rotatable bonds is 5. The van der Waals surface area contributed by atoms with Gasteiger partial charge in [0.2, 0.25) is 0 Å². The van der Waals surface area contributed by atoms with Crippen molar-refractivity contribution >= 4 is 5.78 Å². The molecule has 1 N–H and O–H groups in total. The molecule has 0 aliphatic heterocycles. The zero-order valence-corrected chi connectivity index (χ0v) is 7.17. The molecular formula is C9H13NO2. The second kappa shape index (κ2) is 4.72. The monoisotopic (exact) mass is 167 g/mol. The van der Waals surface area contributed by atoms with Gasteiger partial charge in [-0.25, -0.2) is 0 Å². The first kappa shape index (κ1) is 9.00. The van der Waals surface area contributed by atoms with Gasteiger partial charge in [-0.3, -0.25) is 4.79 Å². The van der Waals surface area contributed by atoms with E-state index in [0.717, 1.165) is 13.1 Å². The lowest BCUT2D eigenvalue weighted by molar-refractivity contribution is 0.0956. The van der Waals surface area contributed by atoms with E-state index in [2.05, 4.69) is 5.32 Å². The third kappa shape index (κ3) is 2.51. The van der Waals surface area contributed by atoms with E-state index in [0.29, 0.717) is 12.2 Å². The predicted octanol–water partition coefficient (Wildman–Crippen LogP) is 1.46. The van der Waals surface area contributed by atoms with Gasteiger partial charge in [-0.1, -0.05) is 6.92 Å². The zero-order chi connectivity index (χ0) is 8.81. The summed E-state index contributed by atoms with van der Waals surface area (Å²) in [7, 11) is 0. The SMILES string of the molecule is CCNCCC(=O)c1ccco1. The second-order valence-corrected chi connectivity index (χ2v) is 2.50. The summed E-state index contributed by atoms with van der Waals surface area (Å²) in [5, 5.41) is 3.08. The van der Waals surface area contributed by atoms with Crippen LogP contribution in [0.4, 0.5) is 0 Å². The lowest BCUT2D eigenvalue weighted by atomic mass is 10.2.